The molecule has 0 aromatic heterocycles. The molecule has 2 rings (SSSR count). The normalized spacial score (nSPS) is 12.0. The van der Waals surface area contributed by atoms with Crippen molar-refractivity contribution < 1.29 is 9.53 Å². The molecule has 0 heterocycles. The maximum absolute atomic E-state index is 10.8. The smallest absolute Gasteiger partial charge is 0.150 e. The fourth-order valence-corrected chi connectivity index (χ4v) is 2.48. The Bertz CT molecular complexity index is 649. The molecule has 2 aromatic carbocycles. The van der Waals surface area contributed by atoms with Crippen LogP contribution in [0.15, 0.2) is 48.5 Å². The van der Waals surface area contributed by atoms with E-state index < -0.39 is 0 Å². The Hall–Kier alpha value is -2.09. The molecule has 0 spiro atoms. The monoisotopic (exact) mass is 310 g/mol. The fourth-order valence-electron chi connectivity index (χ4n) is 2.48. The number of carbonyl (C=O) groups excluding carboxylic acids is 1. The highest BCUT2D eigenvalue weighted by Gasteiger charge is 2.23. The summed E-state index contributed by atoms with van der Waals surface area (Å²) in [6.07, 6.45) is 1.84. The predicted molar refractivity (Wildman–Crippen MR) is 95.4 cm³/mol. The van der Waals surface area contributed by atoms with Crippen molar-refractivity contribution >= 4 is 6.29 Å². The van der Waals surface area contributed by atoms with Crippen LogP contribution in [-0.2, 0) is 5.41 Å². The Morgan fingerprint density at radius 1 is 0.870 bits per heavy atom. The summed E-state index contributed by atoms with van der Waals surface area (Å²) < 4.78 is 6.02. The highest BCUT2D eigenvalue weighted by atomic mass is 16.5. The molecule has 0 radical (unpaired) electrons. The molecule has 2 heteroatoms. The van der Waals surface area contributed by atoms with Crippen LogP contribution in [0.2, 0.25) is 0 Å². The lowest BCUT2D eigenvalue weighted by Crippen LogP contribution is -2.26. The molecule has 0 unspecified atom stereocenters. The summed E-state index contributed by atoms with van der Waals surface area (Å²) in [4.78, 5) is 10.8. The number of hydrogen-bond donors (Lipinski definition) is 0. The molecule has 2 nitrogen and oxygen atoms in total. The zero-order valence-corrected chi connectivity index (χ0v) is 14.7. The summed E-state index contributed by atoms with van der Waals surface area (Å²) in [7, 11) is 0. The van der Waals surface area contributed by atoms with E-state index in [1.54, 1.807) is 0 Å². The first kappa shape index (κ1) is 17.3. The van der Waals surface area contributed by atoms with Gasteiger partial charge in [-0.2, -0.15) is 0 Å². The zero-order chi connectivity index (χ0) is 17.1. The minimum atomic E-state index is -0.151. The van der Waals surface area contributed by atoms with Crippen LogP contribution in [0.3, 0.4) is 0 Å². The van der Waals surface area contributed by atoms with Crippen molar-refractivity contribution in [3.8, 4) is 5.75 Å². The molecule has 0 aliphatic rings. The third-order valence-corrected chi connectivity index (χ3v) is 4.59. The second-order valence-electron chi connectivity index (χ2n) is 7.10. The molecule has 23 heavy (non-hydrogen) atoms. The molecule has 0 aliphatic carbocycles. The number of benzene rings is 2. The molecule has 0 fully saturated rings. The molecular weight excluding hydrogens is 284 g/mol. The van der Waals surface area contributed by atoms with Crippen molar-refractivity contribution in [1.29, 1.82) is 0 Å². The van der Waals surface area contributed by atoms with E-state index in [0.29, 0.717) is 5.56 Å². The van der Waals surface area contributed by atoms with Gasteiger partial charge in [0, 0.05) is 11.0 Å². The van der Waals surface area contributed by atoms with E-state index in [1.807, 2.05) is 36.4 Å². The average molecular weight is 310 g/mol. The molecule has 0 atom stereocenters. The molecule has 0 aliphatic heterocycles. The van der Waals surface area contributed by atoms with Crippen LogP contribution in [0.1, 0.15) is 62.5 Å². The summed E-state index contributed by atoms with van der Waals surface area (Å²) >= 11 is 0. The Morgan fingerprint density at radius 3 is 1.78 bits per heavy atom. The van der Waals surface area contributed by atoms with Gasteiger partial charge in [0.1, 0.15) is 17.6 Å². The van der Waals surface area contributed by atoms with Gasteiger partial charge in [0.15, 0.2) is 0 Å². The molecule has 0 saturated heterocycles. The van der Waals surface area contributed by atoms with Crippen LogP contribution in [0.4, 0.5) is 0 Å². The first-order valence-electron chi connectivity index (χ1n) is 8.14. The zero-order valence-electron chi connectivity index (χ0n) is 14.7. The number of hydrogen-bond acceptors (Lipinski definition) is 2. The third-order valence-electron chi connectivity index (χ3n) is 4.59. The number of carbonyl (C=O) groups is 1. The molecule has 0 saturated carbocycles. The van der Waals surface area contributed by atoms with Crippen molar-refractivity contribution in [2.24, 2.45) is 0 Å². The van der Waals surface area contributed by atoms with Gasteiger partial charge in [0.05, 0.1) is 0 Å². The summed E-state index contributed by atoms with van der Waals surface area (Å²) in [6.45, 7) is 10.7. The highest BCUT2D eigenvalue weighted by Crippen LogP contribution is 2.33. The van der Waals surface area contributed by atoms with Crippen molar-refractivity contribution in [1.82, 2.24) is 0 Å². The first-order valence-corrected chi connectivity index (χ1v) is 8.14. The summed E-state index contributed by atoms with van der Waals surface area (Å²) in [5.41, 5.74) is 2.83. The third kappa shape index (κ3) is 4.01. The van der Waals surface area contributed by atoms with Crippen LogP contribution in [-0.4, -0.2) is 11.9 Å². The molecule has 0 bridgehead atoms. The Balaban J connectivity index is 2.24. The maximum atomic E-state index is 10.8. The van der Waals surface area contributed by atoms with E-state index in [2.05, 4.69) is 46.8 Å². The van der Waals surface area contributed by atoms with Gasteiger partial charge in [-0.1, -0.05) is 57.2 Å². The van der Waals surface area contributed by atoms with E-state index >= 15 is 0 Å². The average Bonchev–Trinajstić information content (AvgIpc) is 2.55. The predicted octanol–water partition coefficient (Wildman–Crippen LogP) is 5.39. The number of rotatable bonds is 6. The van der Waals surface area contributed by atoms with E-state index in [-0.39, 0.29) is 11.0 Å². The Labute approximate surface area is 139 Å². The van der Waals surface area contributed by atoms with Crippen LogP contribution in [0.25, 0.3) is 0 Å². The lowest BCUT2D eigenvalue weighted by Gasteiger charge is -2.28. The number of ether oxygens (including phenoxy) is 1. The summed E-state index contributed by atoms with van der Waals surface area (Å²) in [5, 5.41) is 0. The second-order valence-corrected chi connectivity index (χ2v) is 7.10. The molecule has 122 valence electrons. The Morgan fingerprint density at radius 2 is 1.35 bits per heavy atom. The van der Waals surface area contributed by atoms with Crippen LogP contribution in [0.5, 0.6) is 5.75 Å². The second kappa shape index (κ2) is 6.57. The van der Waals surface area contributed by atoms with Gasteiger partial charge in [0.2, 0.25) is 0 Å². The summed E-state index contributed by atoms with van der Waals surface area (Å²) in [5.74, 6) is 0.896. The van der Waals surface area contributed by atoms with Crippen LogP contribution >= 0.6 is 0 Å². The minimum absolute atomic E-state index is 0.125. The highest BCUT2D eigenvalue weighted by molar-refractivity contribution is 5.74. The van der Waals surface area contributed by atoms with E-state index in [1.165, 1.54) is 11.1 Å². The molecule has 0 N–H and O–H groups in total. The van der Waals surface area contributed by atoms with E-state index in [4.69, 9.17) is 4.74 Å². The van der Waals surface area contributed by atoms with Gasteiger partial charge in [-0.3, -0.25) is 4.79 Å². The number of aldehydes is 1. The van der Waals surface area contributed by atoms with E-state index in [9.17, 15) is 4.79 Å². The van der Waals surface area contributed by atoms with Gasteiger partial charge in [-0.25, -0.2) is 0 Å². The fraction of sp³-hybridized carbons (Fsp3) is 0.381. The largest absolute Gasteiger partial charge is 0.488 e. The SMILES string of the molecule is CCC(C)(C)Oc1ccc(C(C)(C)c2ccc(C=O)cc2)cc1. The molecule has 2 aromatic rings. The van der Waals surface area contributed by atoms with Crippen molar-refractivity contribution in [3.63, 3.8) is 0 Å². The lowest BCUT2D eigenvalue weighted by molar-refractivity contribution is 0.105. The molecular formula is C21H26O2. The van der Waals surface area contributed by atoms with Crippen LogP contribution in [0, 0.1) is 0 Å². The van der Waals surface area contributed by atoms with Crippen molar-refractivity contribution in [2.75, 3.05) is 0 Å². The minimum Gasteiger partial charge on any atom is -0.488 e. The maximum Gasteiger partial charge on any atom is 0.150 e. The quantitative estimate of drug-likeness (QED) is 0.668. The standard InChI is InChI=1S/C21H26O2/c1-6-20(2,3)23-19-13-11-18(12-14-19)21(4,5)17-9-7-16(15-22)8-10-17/h7-15H,6H2,1-5H3. The van der Waals surface area contributed by atoms with Gasteiger partial charge >= 0.3 is 0 Å². The Kier molecular flexibility index (Phi) is 4.93. The lowest BCUT2D eigenvalue weighted by atomic mass is 9.78. The van der Waals surface area contributed by atoms with E-state index in [0.717, 1.165) is 18.5 Å². The van der Waals surface area contributed by atoms with Gasteiger partial charge in [-0.05, 0) is 43.5 Å². The topological polar surface area (TPSA) is 26.3 Å². The molecule has 0 amide bonds. The van der Waals surface area contributed by atoms with Crippen molar-refractivity contribution in [2.45, 2.75) is 52.1 Å². The van der Waals surface area contributed by atoms with Crippen LogP contribution < -0.4 is 4.74 Å². The van der Waals surface area contributed by atoms with Gasteiger partial charge in [0.25, 0.3) is 0 Å². The summed E-state index contributed by atoms with van der Waals surface area (Å²) in [6, 6.07) is 16.1. The first-order chi connectivity index (χ1) is 10.8. The van der Waals surface area contributed by atoms with Crippen molar-refractivity contribution in [3.05, 3.63) is 65.2 Å². The van der Waals surface area contributed by atoms with Gasteiger partial charge in [-0.15, -0.1) is 0 Å². The van der Waals surface area contributed by atoms with Gasteiger partial charge < -0.3 is 4.74 Å².